The molecule has 0 aliphatic rings. The molecular formula is C26H20BF6O3P. The van der Waals surface area contributed by atoms with Gasteiger partial charge in [0.05, 0.1) is 0 Å². The Balaban J connectivity index is 1.81. The Morgan fingerprint density at radius 1 is 0.568 bits per heavy atom. The van der Waals surface area contributed by atoms with E-state index in [1.165, 1.54) is 0 Å². The van der Waals surface area contributed by atoms with Crippen LogP contribution in [0.3, 0.4) is 0 Å². The summed E-state index contributed by atoms with van der Waals surface area (Å²) in [6, 6.07) is 27.4. The molecule has 4 aromatic carbocycles. The van der Waals surface area contributed by atoms with Crippen molar-refractivity contribution in [2.75, 3.05) is 0 Å². The monoisotopic (exact) mass is 536 g/mol. The van der Waals surface area contributed by atoms with Gasteiger partial charge in [0.15, 0.2) is 0 Å². The van der Waals surface area contributed by atoms with E-state index in [-0.39, 0.29) is 6.07 Å². The summed E-state index contributed by atoms with van der Waals surface area (Å²) >= 11 is 0. The Bertz CT molecular complexity index is 1190. The maximum atomic E-state index is 13.3. The zero-order chi connectivity index (χ0) is 26.7. The summed E-state index contributed by atoms with van der Waals surface area (Å²) in [5.74, 6) is -0.841. The Kier molecular flexibility index (Phi) is 7.64. The predicted molar refractivity (Wildman–Crippen MR) is 133 cm³/mol. The minimum atomic E-state index is -5.07. The second-order valence-corrected chi connectivity index (χ2v) is 11.4. The topological polar surface area (TPSA) is 38.7 Å². The average Bonchev–Trinajstić information content (AvgIpc) is 2.87. The molecular weight excluding hydrogens is 516 g/mol. The van der Waals surface area contributed by atoms with E-state index < -0.39 is 44.0 Å². The fourth-order valence-electron chi connectivity index (χ4n) is 4.01. The number of hydrogen-bond donors (Lipinski definition) is 1. The van der Waals surface area contributed by atoms with E-state index in [0.29, 0.717) is 28.0 Å². The molecule has 0 bridgehead atoms. The van der Waals surface area contributed by atoms with E-state index in [4.69, 9.17) is 9.10 Å². The molecule has 0 atom stereocenters. The first-order chi connectivity index (χ1) is 17.5. The standard InChI is InChI=1S/C26H20BF6O3P/c28-25(29,30)19-16-20(26(31,32)33)18-21(17-19)35-27(34)36-37(22-10-4-1-5-11-22,23-12-6-2-7-13-23)24-14-8-3-9-15-24/h1-18,34,37H. The van der Waals surface area contributed by atoms with Gasteiger partial charge in [-0.25, -0.2) is 0 Å². The number of halogens is 6. The molecule has 0 aliphatic heterocycles. The van der Waals surface area contributed by atoms with Crippen LogP contribution in [-0.2, 0) is 16.8 Å². The quantitative estimate of drug-likeness (QED) is 0.186. The van der Waals surface area contributed by atoms with Crippen molar-refractivity contribution >= 4 is 30.7 Å². The molecule has 0 unspecified atom stereocenters. The van der Waals surface area contributed by atoms with Gasteiger partial charge in [0.1, 0.15) is 0 Å². The molecule has 1 N–H and O–H groups in total. The summed E-state index contributed by atoms with van der Waals surface area (Å²) in [5.41, 5.74) is -3.13. The summed E-state index contributed by atoms with van der Waals surface area (Å²) in [7, 11) is -5.76. The molecule has 0 spiro atoms. The van der Waals surface area contributed by atoms with Gasteiger partial charge in [-0.2, -0.15) is 0 Å². The Labute approximate surface area is 209 Å². The second kappa shape index (κ2) is 10.6. The van der Waals surface area contributed by atoms with Crippen LogP contribution in [0.15, 0.2) is 109 Å². The summed E-state index contributed by atoms with van der Waals surface area (Å²) in [4.78, 5) is 0. The van der Waals surface area contributed by atoms with Crippen LogP contribution in [0.25, 0.3) is 0 Å². The molecule has 0 heterocycles. The zero-order valence-corrected chi connectivity index (χ0v) is 20.0. The van der Waals surface area contributed by atoms with Gasteiger partial charge in [-0.3, -0.25) is 0 Å². The molecule has 37 heavy (non-hydrogen) atoms. The van der Waals surface area contributed by atoms with Gasteiger partial charge >= 0.3 is 210 Å². The molecule has 3 nitrogen and oxygen atoms in total. The number of rotatable bonds is 7. The molecule has 0 radical (unpaired) electrons. The van der Waals surface area contributed by atoms with E-state index in [1.807, 2.05) is 0 Å². The van der Waals surface area contributed by atoms with E-state index in [9.17, 15) is 31.4 Å². The van der Waals surface area contributed by atoms with Crippen LogP contribution in [0.5, 0.6) is 5.75 Å². The Morgan fingerprint density at radius 2 is 0.919 bits per heavy atom. The van der Waals surface area contributed by atoms with Crippen molar-refractivity contribution in [1.82, 2.24) is 0 Å². The van der Waals surface area contributed by atoms with Crippen LogP contribution in [0.4, 0.5) is 26.3 Å². The minimum absolute atomic E-state index is 0.0168. The molecule has 192 valence electrons. The van der Waals surface area contributed by atoms with Crippen molar-refractivity contribution in [3.8, 4) is 5.75 Å². The number of alkyl halides is 6. The second-order valence-electron chi connectivity index (χ2n) is 8.06. The van der Waals surface area contributed by atoms with Crippen molar-refractivity contribution < 1.29 is 40.5 Å². The summed E-state index contributed by atoms with van der Waals surface area (Å²) in [5, 5.41) is 12.9. The first-order valence-electron chi connectivity index (χ1n) is 11.0. The van der Waals surface area contributed by atoms with Gasteiger partial charge in [0.25, 0.3) is 0 Å². The van der Waals surface area contributed by atoms with Crippen molar-refractivity contribution in [3.63, 3.8) is 0 Å². The van der Waals surface area contributed by atoms with Gasteiger partial charge in [-0.05, 0) is 0 Å². The summed E-state index contributed by atoms with van der Waals surface area (Å²) in [6.07, 6.45) is -10.1. The van der Waals surface area contributed by atoms with Gasteiger partial charge in [0, 0.05) is 0 Å². The predicted octanol–water partition coefficient (Wildman–Crippen LogP) is 5.74. The van der Waals surface area contributed by atoms with Crippen molar-refractivity contribution in [2.24, 2.45) is 0 Å². The van der Waals surface area contributed by atoms with Gasteiger partial charge in [0.2, 0.25) is 0 Å². The van der Waals surface area contributed by atoms with E-state index in [0.717, 1.165) is 0 Å². The van der Waals surface area contributed by atoms with Crippen molar-refractivity contribution in [3.05, 3.63) is 120 Å². The molecule has 0 fully saturated rings. The fraction of sp³-hybridized carbons (Fsp3) is 0.0769. The Morgan fingerprint density at radius 3 is 1.24 bits per heavy atom. The number of benzene rings is 4. The third kappa shape index (κ3) is 5.98. The van der Waals surface area contributed by atoms with Crippen LogP contribution in [0.2, 0.25) is 0 Å². The molecule has 0 saturated heterocycles. The molecule has 4 aromatic rings. The fourth-order valence-corrected chi connectivity index (χ4v) is 7.75. The third-order valence-electron chi connectivity index (χ3n) is 5.62. The zero-order valence-electron chi connectivity index (χ0n) is 19.0. The first kappa shape index (κ1) is 26.7. The molecule has 0 aliphatic carbocycles. The molecule has 0 amide bonds. The van der Waals surface area contributed by atoms with E-state index in [2.05, 4.69) is 0 Å². The van der Waals surface area contributed by atoms with Crippen LogP contribution in [0.1, 0.15) is 11.1 Å². The SMILES string of the molecule is OB(Oc1cc(C(F)(F)F)cc(C(F)(F)F)c1)O[PH](c1ccccc1)(c1ccccc1)c1ccccc1. The molecule has 11 heteroatoms. The molecule has 4 rings (SSSR count). The van der Waals surface area contributed by atoms with Crippen molar-refractivity contribution in [1.29, 1.82) is 0 Å². The molecule has 0 saturated carbocycles. The first-order valence-corrected chi connectivity index (χ1v) is 12.9. The Hall–Kier alpha value is -3.33. The van der Waals surface area contributed by atoms with Gasteiger partial charge < -0.3 is 0 Å². The maximum absolute atomic E-state index is 13.3. The normalized spacial score (nSPS) is 12.7. The number of hydrogen-bond acceptors (Lipinski definition) is 3. The van der Waals surface area contributed by atoms with Crippen LogP contribution >= 0.6 is 7.49 Å². The van der Waals surface area contributed by atoms with Crippen LogP contribution in [-0.4, -0.2) is 12.3 Å². The van der Waals surface area contributed by atoms with E-state index >= 15 is 0 Å². The summed E-state index contributed by atoms with van der Waals surface area (Å²) in [6.45, 7) is 0. The van der Waals surface area contributed by atoms with Gasteiger partial charge in [-0.1, -0.05) is 0 Å². The van der Waals surface area contributed by atoms with Crippen LogP contribution in [0, 0.1) is 0 Å². The van der Waals surface area contributed by atoms with Crippen LogP contribution < -0.4 is 20.6 Å². The third-order valence-corrected chi connectivity index (χ3v) is 9.61. The van der Waals surface area contributed by atoms with E-state index in [1.54, 1.807) is 91.0 Å². The average molecular weight is 536 g/mol. The van der Waals surface area contributed by atoms with Crippen molar-refractivity contribution in [2.45, 2.75) is 12.4 Å². The summed E-state index contributed by atoms with van der Waals surface area (Å²) < 4.78 is 91.1. The van der Waals surface area contributed by atoms with Gasteiger partial charge in [-0.15, -0.1) is 0 Å². The molecule has 0 aromatic heterocycles.